The van der Waals surface area contributed by atoms with E-state index < -0.39 is 0 Å². The van der Waals surface area contributed by atoms with Crippen LogP contribution in [0.1, 0.15) is 12.5 Å². The number of benzene rings is 2. The van der Waals surface area contributed by atoms with Crippen molar-refractivity contribution in [2.45, 2.75) is 19.5 Å². The average molecular weight is 354 g/mol. The molecule has 3 rings (SSSR count). The van der Waals surface area contributed by atoms with Gasteiger partial charge in [0.25, 0.3) is 0 Å². The van der Waals surface area contributed by atoms with E-state index in [1.807, 2.05) is 43.1 Å². The van der Waals surface area contributed by atoms with Crippen molar-refractivity contribution in [2.75, 3.05) is 19.5 Å². The highest BCUT2D eigenvalue weighted by Gasteiger charge is 2.19. The molecule has 0 fully saturated rings. The Kier molecular flexibility index (Phi) is 5.09. The van der Waals surface area contributed by atoms with E-state index in [4.69, 9.17) is 4.74 Å². The molecule has 1 heterocycles. The number of carbonyl (C=O) groups excluding carboxylic acids is 1. The van der Waals surface area contributed by atoms with Gasteiger partial charge in [-0.25, -0.2) is 4.79 Å². The zero-order chi connectivity index (χ0) is 18.7. The highest BCUT2D eigenvalue weighted by molar-refractivity contribution is 5.96. The summed E-state index contributed by atoms with van der Waals surface area (Å²) in [5, 5.41) is 2.89. The van der Waals surface area contributed by atoms with Gasteiger partial charge in [-0.15, -0.1) is 0 Å². The number of rotatable bonds is 6. The Morgan fingerprint density at radius 3 is 2.69 bits per heavy atom. The molecule has 7 nitrogen and oxygen atoms in total. The normalized spacial score (nSPS) is 12.3. The van der Waals surface area contributed by atoms with Gasteiger partial charge in [-0.05, 0) is 38.2 Å². The summed E-state index contributed by atoms with van der Waals surface area (Å²) in [6, 6.07) is 12.7. The number of aromatic nitrogens is 2. The van der Waals surface area contributed by atoms with Crippen LogP contribution in [0.25, 0.3) is 11.0 Å². The van der Waals surface area contributed by atoms with Crippen LogP contribution in [-0.4, -0.2) is 41.0 Å². The number of para-hydroxylation sites is 1. The first-order valence-corrected chi connectivity index (χ1v) is 8.33. The summed E-state index contributed by atoms with van der Waals surface area (Å²) in [6.45, 7) is 2.43. The molecular formula is C19H22N4O3. The van der Waals surface area contributed by atoms with Crippen LogP contribution in [0, 0.1) is 0 Å². The second-order valence-electron chi connectivity index (χ2n) is 6.23. The number of ether oxygens (including phenoxy) is 1. The molecule has 0 aliphatic rings. The zero-order valence-electron chi connectivity index (χ0n) is 15.0. The van der Waals surface area contributed by atoms with E-state index >= 15 is 0 Å². The maximum Gasteiger partial charge on any atom is 0.323 e. The molecule has 1 unspecified atom stereocenters. The molecule has 0 spiro atoms. The Labute approximate surface area is 151 Å². The number of hydrogen-bond acceptors (Lipinski definition) is 4. The maximum absolute atomic E-state index is 12.6. The number of fused-ring (bicyclic) bond motifs is 1. The largest absolute Gasteiger partial charge is 0.496 e. The summed E-state index contributed by atoms with van der Waals surface area (Å²) < 4.78 is 5.37. The van der Waals surface area contributed by atoms with E-state index in [1.54, 1.807) is 25.3 Å². The number of carbonyl (C=O) groups is 1. The second kappa shape index (κ2) is 7.45. The van der Waals surface area contributed by atoms with Crippen LogP contribution < -0.4 is 15.7 Å². The Balaban J connectivity index is 1.68. The van der Waals surface area contributed by atoms with Crippen molar-refractivity contribution in [3.05, 3.63) is 58.5 Å². The fourth-order valence-corrected chi connectivity index (χ4v) is 2.80. The molecule has 3 aromatic rings. The van der Waals surface area contributed by atoms with Crippen LogP contribution in [0.2, 0.25) is 0 Å². The lowest BCUT2D eigenvalue weighted by molar-refractivity contribution is -0.120. The predicted octanol–water partition coefficient (Wildman–Crippen LogP) is 2.32. The Morgan fingerprint density at radius 2 is 1.92 bits per heavy atom. The SMILES string of the molecule is COc1ccccc1CN(C)C(C)C(=O)Nc1ccc2[nH]c(=O)[nH]c2c1. The highest BCUT2D eigenvalue weighted by Crippen LogP contribution is 2.20. The third-order valence-corrected chi connectivity index (χ3v) is 4.44. The van der Waals surface area contributed by atoms with Crippen LogP contribution in [0.15, 0.2) is 47.3 Å². The summed E-state index contributed by atoms with van der Waals surface area (Å²) >= 11 is 0. The van der Waals surface area contributed by atoms with Gasteiger partial charge >= 0.3 is 5.69 Å². The number of H-pyrrole nitrogens is 2. The number of likely N-dealkylation sites (N-methyl/N-ethyl adjacent to an activating group) is 1. The average Bonchev–Trinajstić information content (AvgIpc) is 3.00. The Bertz CT molecular complexity index is 976. The summed E-state index contributed by atoms with van der Waals surface area (Å²) in [7, 11) is 3.53. The number of methoxy groups -OCH3 is 1. The molecule has 3 N–H and O–H groups in total. The zero-order valence-corrected chi connectivity index (χ0v) is 15.0. The monoisotopic (exact) mass is 354 g/mol. The van der Waals surface area contributed by atoms with Gasteiger partial charge in [0.15, 0.2) is 0 Å². The number of nitrogens with zero attached hydrogens (tertiary/aromatic N) is 1. The fraction of sp³-hybridized carbons (Fsp3) is 0.263. The van der Waals surface area contributed by atoms with Gasteiger partial charge in [-0.3, -0.25) is 9.69 Å². The molecular weight excluding hydrogens is 332 g/mol. The second-order valence-corrected chi connectivity index (χ2v) is 6.23. The van der Waals surface area contributed by atoms with Crippen molar-refractivity contribution in [1.29, 1.82) is 0 Å². The number of imidazole rings is 1. The molecule has 7 heteroatoms. The first-order chi connectivity index (χ1) is 12.5. The van der Waals surface area contributed by atoms with Crippen molar-refractivity contribution in [2.24, 2.45) is 0 Å². The van der Waals surface area contributed by atoms with Gasteiger partial charge in [-0.2, -0.15) is 0 Å². The highest BCUT2D eigenvalue weighted by atomic mass is 16.5. The van der Waals surface area contributed by atoms with Crippen LogP contribution in [0.4, 0.5) is 5.69 Å². The van der Waals surface area contributed by atoms with E-state index in [1.165, 1.54) is 0 Å². The van der Waals surface area contributed by atoms with Gasteiger partial charge in [-0.1, -0.05) is 18.2 Å². The molecule has 1 aromatic heterocycles. The van der Waals surface area contributed by atoms with Crippen LogP contribution >= 0.6 is 0 Å². The molecule has 26 heavy (non-hydrogen) atoms. The summed E-state index contributed by atoms with van der Waals surface area (Å²) in [4.78, 5) is 31.2. The molecule has 0 saturated carbocycles. The molecule has 1 atom stereocenters. The predicted molar refractivity (Wildman–Crippen MR) is 101 cm³/mol. The molecule has 0 bridgehead atoms. The molecule has 2 aromatic carbocycles. The first-order valence-electron chi connectivity index (χ1n) is 8.33. The van der Waals surface area contributed by atoms with Gasteiger partial charge < -0.3 is 20.0 Å². The van der Waals surface area contributed by atoms with Crippen LogP contribution in [-0.2, 0) is 11.3 Å². The van der Waals surface area contributed by atoms with E-state index in [2.05, 4.69) is 15.3 Å². The number of nitrogens with one attached hydrogen (secondary N) is 3. The minimum absolute atomic E-state index is 0.125. The van der Waals surface area contributed by atoms with Crippen molar-refractivity contribution >= 4 is 22.6 Å². The number of anilines is 1. The van der Waals surface area contributed by atoms with Crippen molar-refractivity contribution in [3.8, 4) is 5.75 Å². The summed E-state index contributed by atoms with van der Waals surface area (Å²) in [5.41, 5.74) is 2.74. The van der Waals surface area contributed by atoms with Crippen molar-refractivity contribution in [1.82, 2.24) is 14.9 Å². The minimum Gasteiger partial charge on any atom is -0.496 e. The molecule has 136 valence electrons. The minimum atomic E-state index is -0.346. The van der Waals surface area contributed by atoms with Gasteiger partial charge in [0, 0.05) is 17.8 Å². The number of hydrogen-bond donors (Lipinski definition) is 3. The van der Waals surface area contributed by atoms with E-state index in [9.17, 15) is 9.59 Å². The van der Waals surface area contributed by atoms with E-state index in [-0.39, 0.29) is 17.6 Å². The molecule has 0 aliphatic heterocycles. The van der Waals surface area contributed by atoms with Crippen LogP contribution in [0.3, 0.4) is 0 Å². The van der Waals surface area contributed by atoms with Crippen molar-refractivity contribution in [3.63, 3.8) is 0 Å². The molecule has 0 radical (unpaired) electrons. The van der Waals surface area contributed by atoms with Gasteiger partial charge in [0.05, 0.1) is 24.2 Å². The fourth-order valence-electron chi connectivity index (χ4n) is 2.80. The standard InChI is InChI=1S/C19H22N4O3/c1-12(23(2)11-13-6-4-5-7-17(13)26-3)18(24)20-14-8-9-15-16(10-14)22-19(25)21-15/h4-10,12H,11H2,1-3H3,(H,20,24)(H2,21,22,25). The quantitative estimate of drug-likeness (QED) is 0.634. The summed E-state index contributed by atoms with van der Waals surface area (Å²) in [6.07, 6.45) is 0. The number of amides is 1. The van der Waals surface area contributed by atoms with Crippen LogP contribution in [0.5, 0.6) is 5.75 Å². The number of aromatic amines is 2. The Hall–Kier alpha value is -3.06. The maximum atomic E-state index is 12.6. The summed E-state index contributed by atoms with van der Waals surface area (Å²) in [5.74, 6) is 0.674. The van der Waals surface area contributed by atoms with Gasteiger partial charge in [0.1, 0.15) is 5.75 Å². The Morgan fingerprint density at radius 1 is 1.19 bits per heavy atom. The smallest absolute Gasteiger partial charge is 0.323 e. The lowest BCUT2D eigenvalue weighted by Crippen LogP contribution is -2.39. The lowest BCUT2D eigenvalue weighted by Gasteiger charge is -2.24. The van der Waals surface area contributed by atoms with Crippen molar-refractivity contribution < 1.29 is 9.53 Å². The first kappa shape index (κ1) is 17.8. The van der Waals surface area contributed by atoms with E-state index in [0.717, 1.165) is 11.3 Å². The topological polar surface area (TPSA) is 90.2 Å². The third kappa shape index (κ3) is 3.78. The van der Waals surface area contributed by atoms with E-state index in [0.29, 0.717) is 23.3 Å². The molecule has 1 amide bonds. The lowest BCUT2D eigenvalue weighted by atomic mass is 10.1. The third-order valence-electron chi connectivity index (χ3n) is 4.44. The molecule has 0 aliphatic carbocycles. The molecule has 0 saturated heterocycles. The van der Waals surface area contributed by atoms with Gasteiger partial charge in [0.2, 0.25) is 5.91 Å².